The molecule has 2 heterocycles. The topological polar surface area (TPSA) is 12.5 Å². The fraction of sp³-hybridized carbons (Fsp3) is 0.462. The Balaban J connectivity index is 1.88. The van der Waals surface area contributed by atoms with Crippen LogP contribution in [-0.2, 0) is 4.74 Å². The number of halogens is 2. The number of ether oxygens (including phenoxy) is 1. The molecule has 0 radical (unpaired) electrons. The highest BCUT2D eigenvalue weighted by Crippen LogP contribution is 2.56. The van der Waals surface area contributed by atoms with Crippen LogP contribution >= 0.6 is 23.2 Å². The number of hydrogen-bond donors (Lipinski definition) is 0. The van der Waals surface area contributed by atoms with Crippen molar-refractivity contribution < 1.29 is 4.74 Å². The number of piperidine rings is 1. The van der Waals surface area contributed by atoms with Gasteiger partial charge in [-0.05, 0) is 54.2 Å². The summed E-state index contributed by atoms with van der Waals surface area (Å²) in [5.74, 6) is 0.796. The van der Waals surface area contributed by atoms with Crippen LogP contribution in [-0.4, -0.2) is 23.8 Å². The molecule has 0 saturated carbocycles. The van der Waals surface area contributed by atoms with E-state index in [1.807, 2.05) is 24.3 Å². The summed E-state index contributed by atoms with van der Waals surface area (Å²) < 4.78 is 6.51. The zero-order chi connectivity index (χ0) is 21.5. The third-order valence-corrected chi connectivity index (χ3v) is 7.42. The predicted octanol–water partition coefficient (Wildman–Crippen LogP) is 7.49. The van der Waals surface area contributed by atoms with Crippen molar-refractivity contribution in [2.45, 2.75) is 57.8 Å². The normalized spacial score (nSPS) is 31.7. The van der Waals surface area contributed by atoms with Gasteiger partial charge >= 0.3 is 0 Å². The molecule has 0 bridgehead atoms. The average molecular weight is 444 g/mol. The van der Waals surface area contributed by atoms with Gasteiger partial charge in [-0.25, -0.2) is 0 Å². The van der Waals surface area contributed by atoms with Crippen molar-refractivity contribution >= 4 is 23.2 Å². The smallest absolute Gasteiger partial charge is 0.117 e. The summed E-state index contributed by atoms with van der Waals surface area (Å²) in [4.78, 5) is 2.65. The van der Waals surface area contributed by atoms with E-state index in [0.717, 1.165) is 29.5 Å². The zero-order valence-corrected chi connectivity index (χ0v) is 19.5. The van der Waals surface area contributed by atoms with E-state index in [1.54, 1.807) is 0 Å². The SMILES string of the molecule is C=CC[C@@]1(C)C[C@H](c2cccc(Cl)c2)[C@@H](c2ccc(Cl)cc2)N2C1OC[C@@H]2C(C)C. The molecule has 2 aliphatic heterocycles. The summed E-state index contributed by atoms with van der Waals surface area (Å²) >= 11 is 12.7. The number of rotatable bonds is 5. The van der Waals surface area contributed by atoms with E-state index in [1.165, 1.54) is 11.1 Å². The molecule has 0 amide bonds. The molecule has 4 rings (SSSR count). The molecule has 2 aromatic rings. The van der Waals surface area contributed by atoms with Crippen LogP contribution in [0.5, 0.6) is 0 Å². The highest BCUT2D eigenvalue weighted by Gasteiger charge is 2.55. The fourth-order valence-electron chi connectivity index (χ4n) is 5.52. The van der Waals surface area contributed by atoms with Crippen LogP contribution in [0.1, 0.15) is 56.7 Å². The number of hydrogen-bond acceptors (Lipinski definition) is 2. The summed E-state index contributed by atoms with van der Waals surface area (Å²) in [5, 5.41) is 1.55. The lowest BCUT2D eigenvalue weighted by Crippen LogP contribution is -2.55. The van der Waals surface area contributed by atoms with Crippen LogP contribution in [0.25, 0.3) is 0 Å². The van der Waals surface area contributed by atoms with Crippen molar-refractivity contribution in [2.24, 2.45) is 11.3 Å². The Morgan fingerprint density at radius 2 is 1.87 bits per heavy atom. The van der Waals surface area contributed by atoms with Gasteiger partial charge < -0.3 is 4.74 Å². The quantitative estimate of drug-likeness (QED) is 0.443. The van der Waals surface area contributed by atoms with Crippen molar-refractivity contribution in [3.8, 4) is 0 Å². The molecule has 2 aliphatic rings. The lowest BCUT2D eigenvalue weighted by molar-refractivity contribution is -0.125. The van der Waals surface area contributed by atoms with Crippen molar-refractivity contribution in [2.75, 3.05) is 6.61 Å². The molecule has 4 heteroatoms. The molecular weight excluding hydrogens is 413 g/mol. The van der Waals surface area contributed by atoms with E-state index in [4.69, 9.17) is 27.9 Å². The van der Waals surface area contributed by atoms with E-state index in [9.17, 15) is 0 Å². The van der Waals surface area contributed by atoms with E-state index in [0.29, 0.717) is 17.9 Å². The Morgan fingerprint density at radius 3 is 2.50 bits per heavy atom. The van der Waals surface area contributed by atoms with Gasteiger partial charge in [-0.1, -0.05) is 74.3 Å². The Kier molecular flexibility index (Phi) is 6.33. The molecule has 5 atom stereocenters. The average Bonchev–Trinajstić information content (AvgIpc) is 3.15. The maximum Gasteiger partial charge on any atom is 0.117 e. The van der Waals surface area contributed by atoms with Gasteiger partial charge in [-0.3, -0.25) is 4.90 Å². The van der Waals surface area contributed by atoms with E-state index in [-0.39, 0.29) is 17.7 Å². The lowest BCUT2D eigenvalue weighted by atomic mass is 9.66. The van der Waals surface area contributed by atoms with Gasteiger partial charge in [-0.15, -0.1) is 6.58 Å². The number of fused-ring (bicyclic) bond motifs is 1. The molecule has 2 aromatic carbocycles. The Morgan fingerprint density at radius 1 is 1.13 bits per heavy atom. The monoisotopic (exact) mass is 443 g/mol. The summed E-state index contributed by atoms with van der Waals surface area (Å²) in [6.45, 7) is 11.8. The minimum atomic E-state index is -0.0126. The van der Waals surface area contributed by atoms with Crippen LogP contribution in [0.15, 0.2) is 61.2 Å². The first-order valence-electron chi connectivity index (χ1n) is 10.8. The minimum absolute atomic E-state index is 0.0126. The highest BCUT2D eigenvalue weighted by molar-refractivity contribution is 6.30. The molecule has 160 valence electrons. The van der Waals surface area contributed by atoms with Crippen LogP contribution in [0, 0.1) is 11.3 Å². The van der Waals surface area contributed by atoms with Gasteiger partial charge in [0, 0.05) is 33.5 Å². The Labute approximate surface area is 190 Å². The third kappa shape index (κ3) is 3.96. The van der Waals surface area contributed by atoms with E-state index in [2.05, 4.69) is 62.6 Å². The summed E-state index contributed by atoms with van der Waals surface area (Å²) in [6.07, 6.45) is 4.04. The molecule has 0 spiro atoms. The zero-order valence-electron chi connectivity index (χ0n) is 18.0. The first-order valence-corrected chi connectivity index (χ1v) is 11.6. The Bertz CT molecular complexity index is 896. The van der Waals surface area contributed by atoms with Crippen molar-refractivity contribution in [3.63, 3.8) is 0 Å². The molecule has 0 aliphatic carbocycles. The minimum Gasteiger partial charge on any atom is -0.361 e. The van der Waals surface area contributed by atoms with Gasteiger partial charge in [0.1, 0.15) is 6.23 Å². The molecule has 30 heavy (non-hydrogen) atoms. The molecule has 2 fully saturated rings. The van der Waals surface area contributed by atoms with Gasteiger partial charge in [0.2, 0.25) is 0 Å². The van der Waals surface area contributed by atoms with Gasteiger partial charge in [-0.2, -0.15) is 0 Å². The Hall–Kier alpha value is -1.32. The second kappa shape index (κ2) is 8.67. The van der Waals surface area contributed by atoms with Crippen LogP contribution in [0.3, 0.4) is 0 Å². The second-order valence-corrected chi connectivity index (χ2v) is 10.3. The van der Waals surface area contributed by atoms with Crippen LogP contribution < -0.4 is 0 Å². The van der Waals surface area contributed by atoms with Crippen molar-refractivity contribution in [1.82, 2.24) is 4.90 Å². The molecule has 0 N–H and O–H groups in total. The maximum atomic E-state index is 6.51. The summed E-state index contributed by atoms with van der Waals surface area (Å²) in [7, 11) is 0. The standard InChI is InChI=1S/C26H31Cl2NO/c1-5-13-26(4)15-22(19-7-6-8-21(28)14-19)24(18-9-11-20(27)12-10-18)29-23(17(2)3)16-30-25(26)29/h5-12,14,17,22-25H,1,13,15-16H2,2-4H3/t22-,23-,24-,25?,26+/m1/s1. The fourth-order valence-corrected chi connectivity index (χ4v) is 5.85. The van der Waals surface area contributed by atoms with Gasteiger partial charge in [0.15, 0.2) is 0 Å². The predicted molar refractivity (Wildman–Crippen MR) is 126 cm³/mol. The molecule has 2 saturated heterocycles. The summed E-state index contributed by atoms with van der Waals surface area (Å²) in [6, 6.07) is 17.3. The molecular formula is C26H31Cl2NO. The lowest BCUT2D eigenvalue weighted by Gasteiger charge is -2.53. The van der Waals surface area contributed by atoms with Crippen LogP contribution in [0.2, 0.25) is 10.0 Å². The van der Waals surface area contributed by atoms with Gasteiger partial charge in [0.25, 0.3) is 0 Å². The molecule has 0 aromatic heterocycles. The highest BCUT2D eigenvalue weighted by atomic mass is 35.5. The first kappa shape index (κ1) is 21.9. The number of allylic oxidation sites excluding steroid dienone is 1. The maximum absolute atomic E-state index is 6.51. The summed E-state index contributed by atoms with van der Waals surface area (Å²) in [5.41, 5.74) is 2.55. The van der Waals surface area contributed by atoms with Crippen molar-refractivity contribution in [1.29, 1.82) is 0 Å². The van der Waals surface area contributed by atoms with Crippen LogP contribution in [0.4, 0.5) is 0 Å². The van der Waals surface area contributed by atoms with Gasteiger partial charge in [0.05, 0.1) is 6.61 Å². The third-order valence-electron chi connectivity index (χ3n) is 6.93. The van der Waals surface area contributed by atoms with E-state index < -0.39 is 0 Å². The number of nitrogens with zero attached hydrogens (tertiary/aromatic N) is 1. The first-order chi connectivity index (χ1) is 14.3. The van der Waals surface area contributed by atoms with Crippen molar-refractivity contribution in [3.05, 3.63) is 82.4 Å². The largest absolute Gasteiger partial charge is 0.361 e. The second-order valence-electron chi connectivity index (χ2n) is 9.45. The van der Waals surface area contributed by atoms with E-state index >= 15 is 0 Å². The number of benzene rings is 2. The molecule has 1 unspecified atom stereocenters. The molecule has 2 nitrogen and oxygen atoms in total.